The summed E-state index contributed by atoms with van der Waals surface area (Å²) < 4.78 is 59.9. The number of aromatic nitrogens is 1. The molecule has 2 atom stereocenters. The molecule has 0 radical (unpaired) electrons. The number of para-hydroxylation sites is 1. The molecule has 11 heteroatoms. The third-order valence-corrected chi connectivity index (χ3v) is 7.04. The van der Waals surface area contributed by atoms with Gasteiger partial charge in [0.25, 0.3) is 5.92 Å². The van der Waals surface area contributed by atoms with Crippen molar-refractivity contribution < 1.29 is 32.6 Å². The molecule has 2 aliphatic rings. The molecule has 2 aromatic carbocycles. The molecule has 2 aliphatic heterocycles. The number of likely N-dealkylation sites (tertiary alicyclic amines) is 1. The minimum Gasteiger partial charge on any atom is -0.465 e. The highest BCUT2D eigenvalue weighted by molar-refractivity contribution is 5.85. The Labute approximate surface area is 204 Å². The number of aromatic amines is 1. The number of fused-ring (bicyclic) bond motifs is 3. The highest BCUT2D eigenvalue weighted by Crippen LogP contribution is 2.43. The van der Waals surface area contributed by atoms with Crippen LogP contribution in [0.4, 0.5) is 28.0 Å². The zero-order chi connectivity index (χ0) is 25.8. The summed E-state index contributed by atoms with van der Waals surface area (Å²) in [4.78, 5) is 16.6. The van der Waals surface area contributed by atoms with Crippen LogP contribution < -0.4 is 5.32 Å². The number of carboxylic acid groups (broad SMARTS) is 1. The quantitative estimate of drug-likeness (QED) is 0.377. The third-order valence-electron chi connectivity index (χ3n) is 7.04. The molecule has 3 heterocycles. The summed E-state index contributed by atoms with van der Waals surface area (Å²) >= 11 is 0. The molecule has 4 N–H and O–H groups in total. The molecule has 36 heavy (non-hydrogen) atoms. The Morgan fingerprint density at radius 2 is 1.86 bits per heavy atom. The molecule has 1 aromatic heterocycles. The van der Waals surface area contributed by atoms with Crippen molar-refractivity contribution in [2.24, 2.45) is 0 Å². The maximum Gasteiger partial charge on any atom is 0.407 e. The summed E-state index contributed by atoms with van der Waals surface area (Å²) in [5, 5.41) is 22.0. The van der Waals surface area contributed by atoms with Crippen LogP contribution in [0.3, 0.4) is 0 Å². The SMILES string of the molecule is C[C@@H]1Cc2c([nH]c3ccccc23)[C@@H](c2c(F)cc(NC3CN(C(=O)O)C3)cc2F)N1CC(F)(F)CO. The molecule has 1 amide bonds. The lowest BCUT2D eigenvalue weighted by atomic mass is 9.87. The van der Waals surface area contributed by atoms with Crippen LogP contribution in [-0.2, 0) is 6.42 Å². The van der Waals surface area contributed by atoms with E-state index in [4.69, 9.17) is 5.11 Å². The van der Waals surface area contributed by atoms with Gasteiger partial charge in [-0.3, -0.25) is 4.90 Å². The molecule has 1 saturated heterocycles. The van der Waals surface area contributed by atoms with Gasteiger partial charge < -0.3 is 25.4 Å². The number of aliphatic hydroxyl groups is 1. The minimum atomic E-state index is -3.47. The van der Waals surface area contributed by atoms with Gasteiger partial charge in [-0.25, -0.2) is 22.4 Å². The van der Waals surface area contributed by atoms with Crippen molar-refractivity contribution >= 4 is 22.7 Å². The van der Waals surface area contributed by atoms with Gasteiger partial charge in [0.2, 0.25) is 0 Å². The second kappa shape index (κ2) is 8.97. The number of alkyl halides is 2. The lowest BCUT2D eigenvalue weighted by Crippen LogP contribution is -2.56. The van der Waals surface area contributed by atoms with Crippen molar-refractivity contribution in [1.29, 1.82) is 0 Å². The summed E-state index contributed by atoms with van der Waals surface area (Å²) in [5.74, 6) is -5.29. The first-order valence-corrected chi connectivity index (χ1v) is 11.6. The van der Waals surface area contributed by atoms with Crippen LogP contribution >= 0.6 is 0 Å². The highest BCUT2D eigenvalue weighted by atomic mass is 19.3. The van der Waals surface area contributed by atoms with Crippen molar-refractivity contribution in [1.82, 2.24) is 14.8 Å². The van der Waals surface area contributed by atoms with Crippen LogP contribution in [0.5, 0.6) is 0 Å². The lowest BCUT2D eigenvalue weighted by Gasteiger charge is -2.42. The average molecular weight is 507 g/mol. The molecule has 0 saturated carbocycles. The fraction of sp³-hybridized carbons (Fsp3) is 0.400. The van der Waals surface area contributed by atoms with Gasteiger partial charge in [-0.15, -0.1) is 0 Å². The summed E-state index contributed by atoms with van der Waals surface area (Å²) in [6.45, 7) is -0.172. The molecule has 0 aliphatic carbocycles. The van der Waals surface area contributed by atoms with Gasteiger partial charge in [-0.1, -0.05) is 18.2 Å². The molecule has 7 nitrogen and oxygen atoms in total. The van der Waals surface area contributed by atoms with Crippen LogP contribution in [0.1, 0.15) is 29.8 Å². The Bertz CT molecular complexity index is 1280. The molecule has 192 valence electrons. The second-order valence-electron chi connectivity index (χ2n) is 9.59. The van der Waals surface area contributed by atoms with E-state index < -0.39 is 48.9 Å². The fourth-order valence-electron chi connectivity index (χ4n) is 5.27. The number of hydrogen-bond donors (Lipinski definition) is 4. The van der Waals surface area contributed by atoms with Crippen molar-refractivity contribution in [2.75, 3.05) is 31.6 Å². The van der Waals surface area contributed by atoms with E-state index in [2.05, 4.69) is 10.3 Å². The van der Waals surface area contributed by atoms with Crippen LogP contribution in [0, 0.1) is 11.6 Å². The number of halogens is 4. The lowest BCUT2D eigenvalue weighted by molar-refractivity contribution is -0.0869. The molecule has 5 rings (SSSR count). The Balaban J connectivity index is 1.56. The standard InChI is InChI=1S/C25H26F4N4O3/c1-13-6-17-16-4-2-3-5-20(16)31-22(17)23(33(13)11-25(28,29)12-34)21-18(26)7-14(8-19(21)27)30-15-9-32(10-15)24(35)36/h2-5,7-8,13,15,23,30-31,34H,6,9-12H2,1H3,(H,35,36)/t13-,23-/m1/s1. The van der Waals surface area contributed by atoms with Gasteiger partial charge in [0.05, 0.1) is 18.6 Å². The maximum absolute atomic E-state index is 15.6. The number of aliphatic hydroxyl groups excluding tert-OH is 1. The minimum absolute atomic E-state index is 0.136. The summed E-state index contributed by atoms with van der Waals surface area (Å²) in [6, 6.07) is 7.61. The van der Waals surface area contributed by atoms with Crippen molar-refractivity contribution in [3.05, 3.63) is 64.9 Å². The summed E-state index contributed by atoms with van der Waals surface area (Å²) in [7, 11) is 0. The fourth-order valence-corrected chi connectivity index (χ4v) is 5.27. The predicted octanol–water partition coefficient (Wildman–Crippen LogP) is 4.18. The van der Waals surface area contributed by atoms with E-state index in [0.29, 0.717) is 12.1 Å². The van der Waals surface area contributed by atoms with Gasteiger partial charge in [-0.05, 0) is 37.1 Å². The molecular weight excluding hydrogens is 480 g/mol. The van der Waals surface area contributed by atoms with Crippen LogP contribution in [0.2, 0.25) is 0 Å². The number of nitrogens with one attached hydrogen (secondary N) is 2. The first-order chi connectivity index (χ1) is 17.1. The normalized spacial score (nSPS) is 20.9. The van der Waals surface area contributed by atoms with Crippen LogP contribution in [-0.4, -0.2) is 75.3 Å². The number of amides is 1. The van der Waals surface area contributed by atoms with Gasteiger partial charge >= 0.3 is 6.09 Å². The zero-order valence-electron chi connectivity index (χ0n) is 19.4. The van der Waals surface area contributed by atoms with Gasteiger partial charge in [0, 0.05) is 47.0 Å². The number of anilines is 1. The van der Waals surface area contributed by atoms with Crippen molar-refractivity contribution in [2.45, 2.75) is 37.4 Å². The largest absolute Gasteiger partial charge is 0.465 e. The Morgan fingerprint density at radius 1 is 1.19 bits per heavy atom. The van der Waals surface area contributed by atoms with E-state index in [1.165, 1.54) is 9.80 Å². The molecular formula is C25H26F4N4O3. The molecule has 0 bridgehead atoms. The van der Waals surface area contributed by atoms with Gasteiger partial charge in [0.1, 0.15) is 18.2 Å². The first kappa shape index (κ1) is 24.4. The smallest absolute Gasteiger partial charge is 0.407 e. The number of benzene rings is 2. The van der Waals surface area contributed by atoms with E-state index in [0.717, 1.165) is 28.6 Å². The third kappa shape index (κ3) is 4.26. The topological polar surface area (TPSA) is 91.8 Å². The molecule has 3 aromatic rings. The Kier molecular flexibility index (Phi) is 6.08. The zero-order valence-corrected chi connectivity index (χ0v) is 19.4. The number of rotatable bonds is 6. The predicted molar refractivity (Wildman–Crippen MR) is 125 cm³/mol. The Hall–Kier alpha value is -3.31. The van der Waals surface area contributed by atoms with E-state index in [9.17, 15) is 18.7 Å². The van der Waals surface area contributed by atoms with E-state index >= 15 is 8.78 Å². The highest BCUT2D eigenvalue weighted by Gasteiger charge is 2.43. The van der Waals surface area contributed by atoms with Crippen molar-refractivity contribution in [3.63, 3.8) is 0 Å². The molecule has 0 spiro atoms. The molecule has 1 fully saturated rings. The van der Waals surface area contributed by atoms with E-state index in [-0.39, 0.29) is 30.4 Å². The summed E-state index contributed by atoms with van der Waals surface area (Å²) in [5.41, 5.74) is 1.77. The van der Waals surface area contributed by atoms with Gasteiger partial charge in [-0.2, -0.15) is 0 Å². The molecule has 0 unspecified atom stereocenters. The van der Waals surface area contributed by atoms with Crippen molar-refractivity contribution in [3.8, 4) is 0 Å². The summed E-state index contributed by atoms with van der Waals surface area (Å²) in [6.07, 6.45) is -0.678. The average Bonchev–Trinajstić information content (AvgIpc) is 3.15. The second-order valence-corrected chi connectivity index (χ2v) is 9.59. The maximum atomic E-state index is 15.6. The van der Waals surface area contributed by atoms with Gasteiger partial charge in [0.15, 0.2) is 0 Å². The van der Waals surface area contributed by atoms with E-state index in [1.807, 2.05) is 24.3 Å². The first-order valence-electron chi connectivity index (χ1n) is 11.6. The Morgan fingerprint density at radius 3 is 2.50 bits per heavy atom. The van der Waals surface area contributed by atoms with E-state index in [1.54, 1.807) is 6.92 Å². The number of H-pyrrole nitrogens is 1. The number of hydrogen-bond acceptors (Lipinski definition) is 4. The number of nitrogens with zero attached hydrogens (tertiary/aromatic N) is 2. The monoisotopic (exact) mass is 506 g/mol. The van der Waals surface area contributed by atoms with Crippen LogP contribution in [0.15, 0.2) is 36.4 Å². The number of carbonyl (C=O) groups is 1. The van der Waals surface area contributed by atoms with Crippen LogP contribution in [0.25, 0.3) is 10.9 Å².